The van der Waals surface area contributed by atoms with Crippen LogP contribution in [0.2, 0.25) is 0 Å². The van der Waals surface area contributed by atoms with Crippen molar-refractivity contribution < 1.29 is 58.0 Å². The number of aliphatic carboxylic acids is 2. The number of esters is 2. The Labute approximate surface area is 381 Å². The number of carbonyl (C=O) groups excluding carboxylic acids is 3. The Morgan fingerprint density at radius 1 is 0.438 bits per heavy atom. The molecule has 6 unspecified atom stereocenters. The van der Waals surface area contributed by atoms with Gasteiger partial charge in [0.05, 0.1) is 73.8 Å². The Kier molecular flexibility index (Phi) is 19.0. The van der Waals surface area contributed by atoms with E-state index in [1.807, 2.05) is 0 Å². The van der Waals surface area contributed by atoms with Gasteiger partial charge in [-0.1, -0.05) is 38.5 Å². The first-order chi connectivity index (χ1) is 31.1. The molecule has 0 aromatic carbocycles. The number of carbonyl (C=O) groups is 5. The minimum atomic E-state index is -0.970. The minimum Gasteiger partial charge on any atom is -0.481 e. The molecule has 0 aliphatic heterocycles. The molecule has 0 radical (unpaired) electrons. The van der Waals surface area contributed by atoms with Gasteiger partial charge in [-0.2, -0.15) is 5.48 Å². The van der Waals surface area contributed by atoms with Gasteiger partial charge in [0, 0.05) is 12.1 Å². The molecule has 4 N–H and O–H groups in total. The van der Waals surface area contributed by atoms with E-state index in [-0.39, 0.29) is 79.2 Å². The number of rotatable bonds is 18. The van der Waals surface area contributed by atoms with Crippen molar-refractivity contribution in [1.29, 1.82) is 0 Å². The molecule has 0 saturated heterocycles. The van der Waals surface area contributed by atoms with Gasteiger partial charge in [-0.15, -0.1) is 0 Å². The lowest BCUT2D eigenvalue weighted by Gasteiger charge is -2.37. The zero-order chi connectivity index (χ0) is 44.8. The molecule has 64 heavy (non-hydrogen) atoms. The standard InChI is InChI=1S/C50H80N2O12/c53-46(45-28-35(12-26-44(45)48(56)57)50(59)61-30-33-9-5-2-6-10-33)51-37-13-17-39(18-14-37)63-41-21-23-42(24-22-41)64-40-19-15-38(16-20-40)52-62-31-36-27-34(11-25-43(36)47(54)55)49(58)60-29-32-7-3-1-4-8-32/h32-45,52H,1-31H2,(H,51,53)(H,54,55)(H,56,57). The Hall–Kier alpha value is -2.81. The highest BCUT2D eigenvalue weighted by Gasteiger charge is 2.43. The van der Waals surface area contributed by atoms with Crippen LogP contribution in [0.1, 0.15) is 180 Å². The molecule has 7 saturated carbocycles. The number of hydrogen-bond donors (Lipinski definition) is 4. The van der Waals surface area contributed by atoms with Crippen LogP contribution in [0, 0.1) is 47.3 Å². The van der Waals surface area contributed by atoms with Gasteiger partial charge in [-0.25, -0.2) is 0 Å². The summed E-state index contributed by atoms with van der Waals surface area (Å²) in [6.45, 7) is 1.18. The summed E-state index contributed by atoms with van der Waals surface area (Å²) in [5.41, 5.74) is 3.22. The van der Waals surface area contributed by atoms with Crippen molar-refractivity contribution in [3.05, 3.63) is 0 Å². The van der Waals surface area contributed by atoms with E-state index >= 15 is 0 Å². The molecule has 14 nitrogen and oxygen atoms in total. The molecule has 7 aliphatic rings. The molecule has 0 heterocycles. The predicted octanol–water partition coefficient (Wildman–Crippen LogP) is 8.07. The molecule has 7 aliphatic carbocycles. The largest absolute Gasteiger partial charge is 0.481 e. The molecule has 0 aromatic rings. The highest BCUT2D eigenvalue weighted by molar-refractivity contribution is 5.86. The zero-order valence-electron chi connectivity index (χ0n) is 38.5. The number of carboxylic acid groups (broad SMARTS) is 2. The fourth-order valence-corrected chi connectivity index (χ4v) is 12.4. The van der Waals surface area contributed by atoms with Gasteiger partial charge in [0.1, 0.15) is 0 Å². The van der Waals surface area contributed by atoms with Crippen molar-refractivity contribution in [2.24, 2.45) is 47.3 Å². The van der Waals surface area contributed by atoms with Gasteiger partial charge < -0.3 is 39.3 Å². The maximum Gasteiger partial charge on any atom is 0.308 e. The van der Waals surface area contributed by atoms with Crippen molar-refractivity contribution in [1.82, 2.24) is 10.8 Å². The first kappa shape index (κ1) is 49.1. The summed E-state index contributed by atoms with van der Waals surface area (Å²) in [6.07, 6.45) is 25.8. The van der Waals surface area contributed by atoms with E-state index in [2.05, 4.69) is 10.8 Å². The Balaban J connectivity index is 0.740. The smallest absolute Gasteiger partial charge is 0.308 e. The summed E-state index contributed by atoms with van der Waals surface area (Å²) < 4.78 is 24.6. The molecule has 7 fully saturated rings. The van der Waals surface area contributed by atoms with Crippen molar-refractivity contribution >= 4 is 29.8 Å². The van der Waals surface area contributed by atoms with E-state index in [0.717, 1.165) is 103 Å². The van der Waals surface area contributed by atoms with E-state index in [0.29, 0.717) is 57.2 Å². The van der Waals surface area contributed by atoms with Crippen molar-refractivity contribution in [2.45, 2.75) is 216 Å². The number of hydroxylamine groups is 1. The molecule has 14 heteroatoms. The molecule has 7 rings (SSSR count). The van der Waals surface area contributed by atoms with Crippen LogP contribution in [0.15, 0.2) is 0 Å². The Morgan fingerprint density at radius 2 is 0.875 bits per heavy atom. The fraction of sp³-hybridized carbons (Fsp3) is 0.900. The molecule has 362 valence electrons. The lowest BCUT2D eigenvalue weighted by Crippen LogP contribution is -2.47. The van der Waals surface area contributed by atoms with E-state index < -0.39 is 35.6 Å². The molecule has 6 atom stereocenters. The van der Waals surface area contributed by atoms with Crippen LogP contribution < -0.4 is 10.8 Å². The third-order valence-electron chi connectivity index (χ3n) is 16.5. The highest BCUT2D eigenvalue weighted by atomic mass is 16.6. The van der Waals surface area contributed by atoms with Crippen molar-refractivity contribution in [3.63, 3.8) is 0 Å². The maximum absolute atomic E-state index is 13.5. The van der Waals surface area contributed by atoms with Gasteiger partial charge in [0.2, 0.25) is 5.91 Å². The van der Waals surface area contributed by atoms with E-state index in [1.165, 1.54) is 38.5 Å². The predicted molar refractivity (Wildman–Crippen MR) is 237 cm³/mol. The quantitative estimate of drug-likeness (QED) is 0.0762. The second-order valence-electron chi connectivity index (χ2n) is 21.1. The third kappa shape index (κ3) is 14.6. The molecule has 0 aromatic heterocycles. The number of nitrogens with one attached hydrogen (secondary N) is 2. The summed E-state index contributed by atoms with van der Waals surface area (Å²) in [5, 5.41) is 23.0. The maximum atomic E-state index is 13.5. The SMILES string of the molecule is O=C(OCC1CCCCC1)C1CCC(C(=O)O)C(CONC2CCC(OC3CCC(OC4CCC(NC(=O)C5CC(C(=O)OCC6CCCCC6)CCC5C(=O)O)CC4)CC3)CC2)C1. The van der Waals surface area contributed by atoms with Crippen molar-refractivity contribution in [2.75, 3.05) is 19.8 Å². The Morgan fingerprint density at radius 3 is 1.36 bits per heavy atom. The van der Waals surface area contributed by atoms with Gasteiger partial charge in [-0.05, 0) is 159 Å². The van der Waals surface area contributed by atoms with E-state index in [1.54, 1.807) is 0 Å². The van der Waals surface area contributed by atoms with Crippen LogP contribution in [0.4, 0.5) is 0 Å². The molecular weight excluding hydrogens is 821 g/mol. The number of carboxylic acids is 2. The van der Waals surface area contributed by atoms with Crippen LogP contribution >= 0.6 is 0 Å². The summed E-state index contributed by atoms with van der Waals surface area (Å²) in [5.74, 6) is -4.60. The van der Waals surface area contributed by atoms with Gasteiger partial charge >= 0.3 is 23.9 Å². The average Bonchev–Trinajstić information content (AvgIpc) is 3.32. The number of amides is 1. The van der Waals surface area contributed by atoms with E-state index in [4.69, 9.17) is 23.8 Å². The summed E-state index contributed by atoms with van der Waals surface area (Å²) in [4.78, 5) is 69.6. The van der Waals surface area contributed by atoms with Crippen molar-refractivity contribution in [3.8, 4) is 0 Å². The fourth-order valence-electron chi connectivity index (χ4n) is 12.4. The molecule has 0 bridgehead atoms. The zero-order valence-corrected chi connectivity index (χ0v) is 38.5. The van der Waals surface area contributed by atoms with Gasteiger partial charge in [0.25, 0.3) is 0 Å². The first-order valence-corrected chi connectivity index (χ1v) is 25.8. The minimum absolute atomic E-state index is 0.0249. The summed E-state index contributed by atoms with van der Waals surface area (Å²) in [7, 11) is 0. The van der Waals surface area contributed by atoms with Crippen LogP contribution in [-0.4, -0.2) is 96.3 Å². The second kappa shape index (κ2) is 24.8. The number of hydrogen-bond acceptors (Lipinski definition) is 11. The lowest BCUT2D eigenvalue weighted by atomic mass is 9.73. The number of ether oxygens (including phenoxy) is 4. The van der Waals surface area contributed by atoms with Crippen LogP contribution in [0.25, 0.3) is 0 Å². The lowest BCUT2D eigenvalue weighted by molar-refractivity contribution is -0.158. The normalized spacial score (nSPS) is 35.8. The molecule has 0 spiro atoms. The van der Waals surface area contributed by atoms with Crippen LogP contribution in [0.3, 0.4) is 0 Å². The summed E-state index contributed by atoms with van der Waals surface area (Å²) >= 11 is 0. The summed E-state index contributed by atoms with van der Waals surface area (Å²) in [6, 6.07) is 0.158. The van der Waals surface area contributed by atoms with Crippen LogP contribution in [-0.2, 0) is 47.8 Å². The first-order valence-electron chi connectivity index (χ1n) is 25.8. The molecule has 1 amide bonds. The van der Waals surface area contributed by atoms with Crippen LogP contribution in [0.5, 0.6) is 0 Å². The Bertz CT molecular complexity index is 1490. The van der Waals surface area contributed by atoms with E-state index in [9.17, 15) is 34.2 Å². The molecular formula is C50H80N2O12. The van der Waals surface area contributed by atoms with Gasteiger partial charge in [-0.3, -0.25) is 24.0 Å². The average molecular weight is 901 g/mol. The topological polar surface area (TPSA) is 196 Å². The third-order valence-corrected chi connectivity index (χ3v) is 16.5. The second-order valence-corrected chi connectivity index (χ2v) is 21.1. The highest BCUT2D eigenvalue weighted by Crippen LogP contribution is 2.38. The monoisotopic (exact) mass is 901 g/mol. The van der Waals surface area contributed by atoms with Gasteiger partial charge in [0.15, 0.2) is 0 Å².